The summed E-state index contributed by atoms with van der Waals surface area (Å²) in [5, 5.41) is 9.30. The summed E-state index contributed by atoms with van der Waals surface area (Å²) >= 11 is 0. The summed E-state index contributed by atoms with van der Waals surface area (Å²) in [6, 6.07) is 10.8. The van der Waals surface area contributed by atoms with Crippen LogP contribution in [0.2, 0.25) is 0 Å². The van der Waals surface area contributed by atoms with Crippen molar-refractivity contribution >= 4 is 0 Å². The van der Waals surface area contributed by atoms with Gasteiger partial charge in [0.1, 0.15) is 11.6 Å². The molecule has 0 fully saturated rings. The van der Waals surface area contributed by atoms with Crippen LogP contribution in [0.5, 0.6) is 5.75 Å². The summed E-state index contributed by atoms with van der Waals surface area (Å²) < 4.78 is 28.2. The number of rotatable bonds is 4. The minimum absolute atomic E-state index is 0.219. The van der Waals surface area contributed by atoms with E-state index in [0.29, 0.717) is 18.5 Å². The van der Waals surface area contributed by atoms with Gasteiger partial charge >= 0.3 is 0 Å². The van der Waals surface area contributed by atoms with Gasteiger partial charge in [-0.15, -0.1) is 0 Å². The van der Waals surface area contributed by atoms with Gasteiger partial charge in [0.2, 0.25) is 0 Å². The van der Waals surface area contributed by atoms with Crippen LogP contribution in [0.25, 0.3) is 0 Å². The van der Waals surface area contributed by atoms with Crippen LogP contribution in [0.1, 0.15) is 17.0 Å². The van der Waals surface area contributed by atoms with Gasteiger partial charge in [-0.3, -0.25) is 0 Å². The van der Waals surface area contributed by atoms with E-state index in [1.807, 2.05) is 22.9 Å². The van der Waals surface area contributed by atoms with Gasteiger partial charge in [0.05, 0.1) is 0 Å². The first-order chi connectivity index (χ1) is 10.6. The van der Waals surface area contributed by atoms with Gasteiger partial charge in [0.25, 0.3) is 0 Å². The molecule has 3 rings (SSSR count). The summed E-state index contributed by atoms with van der Waals surface area (Å²) in [6.45, 7) is 0.597. The van der Waals surface area contributed by atoms with Gasteiger partial charge in [0, 0.05) is 25.4 Å². The molecule has 1 N–H and O–H groups in total. The van der Waals surface area contributed by atoms with Gasteiger partial charge in [-0.1, -0.05) is 18.2 Å². The summed E-state index contributed by atoms with van der Waals surface area (Å²) in [5.41, 5.74) is 1.68. The minimum atomic E-state index is -0.853. The maximum Gasteiger partial charge on any atom is 0.159 e. The Morgan fingerprint density at radius 2 is 1.68 bits per heavy atom. The predicted octanol–water partition coefficient (Wildman–Crippen LogP) is 3.51. The van der Waals surface area contributed by atoms with E-state index in [1.54, 1.807) is 24.4 Å². The minimum Gasteiger partial charge on any atom is -0.508 e. The molecule has 22 heavy (non-hydrogen) atoms. The Morgan fingerprint density at radius 1 is 0.955 bits per heavy atom. The summed E-state index contributed by atoms with van der Waals surface area (Å²) in [6.07, 6.45) is 3.93. The van der Waals surface area contributed by atoms with Gasteiger partial charge < -0.3 is 9.67 Å². The highest BCUT2D eigenvalue weighted by molar-refractivity contribution is 5.27. The first-order valence-electron chi connectivity index (χ1n) is 6.83. The molecule has 3 nitrogen and oxygen atoms in total. The molecule has 0 aliphatic heterocycles. The summed E-state index contributed by atoms with van der Waals surface area (Å²) in [4.78, 5) is 4.27. The lowest BCUT2D eigenvalue weighted by Gasteiger charge is -2.08. The van der Waals surface area contributed by atoms with Crippen LogP contribution in [0, 0.1) is 11.6 Å². The van der Waals surface area contributed by atoms with Gasteiger partial charge in [0.15, 0.2) is 11.6 Å². The third-order valence-corrected chi connectivity index (χ3v) is 3.44. The van der Waals surface area contributed by atoms with E-state index in [0.717, 1.165) is 17.5 Å². The van der Waals surface area contributed by atoms with Crippen LogP contribution in [0.15, 0.2) is 54.9 Å². The number of imidazole rings is 1. The Hall–Kier alpha value is -2.69. The van der Waals surface area contributed by atoms with Crippen molar-refractivity contribution in [2.24, 2.45) is 0 Å². The molecular formula is C17H14F2N2O. The van der Waals surface area contributed by atoms with E-state index in [-0.39, 0.29) is 5.75 Å². The topological polar surface area (TPSA) is 38.0 Å². The zero-order valence-electron chi connectivity index (χ0n) is 11.7. The molecule has 0 aliphatic carbocycles. The second-order valence-electron chi connectivity index (χ2n) is 5.06. The first kappa shape index (κ1) is 14.3. The molecule has 0 saturated heterocycles. The smallest absolute Gasteiger partial charge is 0.159 e. The first-order valence-corrected chi connectivity index (χ1v) is 6.83. The Kier molecular flexibility index (Phi) is 3.87. The molecule has 0 amide bonds. The fourth-order valence-electron chi connectivity index (χ4n) is 2.28. The maximum atomic E-state index is 13.3. The van der Waals surface area contributed by atoms with Crippen molar-refractivity contribution in [1.82, 2.24) is 9.55 Å². The van der Waals surface area contributed by atoms with E-state index < -0.39 is 11.6 Å². The fraction of sp³-hybridized carbons (Fsp3) is 0.118. The third kappa shape index (κ3) is 3.14. The Bertz CT molecular complexity index is 782. The molecule has 0 bridgehead atoms. The van der Waals surface area contributed by atoms with E-state index in [1.165, 1.54) is 6.07 Å². The normalized spacial score (nSPS) is 10.8. The highest BCUT2D eigenvalue weighted by Gasteiger charge is 2.08. The molecule has 1 heterocycles. The number of aromatic hydroxyl groups is 1. The van der Waals surface area contributed by atoms with Crippen LogP contribution in [0.4, 0.5) is 8.78 Å². The van der Waals surface area contributed by atoms with Crippen molar-refractivity contribution in [3.05, 3.63) is 83.4 Å². The summed E-state index contributed by atoms with van der Waals surface area (Å²) in [7, 11) is 0. The van der Waals surface area contributed by atoms with Crippen molar-refractivity contribution < 1.29 is 13.9 Å². The molecule has 2 aromatic carbocycles. The van der Waals surface area contributed by atoms with Crippen molar-refractivity contribution in [2.45, 2.75) is 13.0 Å². The van der Waals surface area contributed by atoms with Gasteiger partial charge in [-0.2, -0.15) is 0 Å². The SMILES string of the molecule is Oc1ccc(Cn2ccnc2Cc2ccc(F)c(F)c2)cc1. The average Bonchev–Trinajstić information content (AvgIpc) is 2.92. The van der Waals surface area contributed by atoms with Crippen LogP contribution in [-0.2, 0) is 13.0 Å². The van der Waals surface area contributed by atoms with Crippen LogP contribution >= 0.6 is 0 Å². The second-order valence-corrected chi connectivity index (χ2v) is 5.06. The molecule has 0 atom stereocenters. The Morgan fingerprint density at radius 3 is 2.41 bits per heavy atom. The predicted molar refractivity (Wildman–Crippen MR) is 78.6 cm³/mol. The molecule has 0 unspecified atom stereocenters. The van der Waals surface area contributed by atoms with Gasteiger partial charge in [-0.05, 0) is 35.4 Å². The molecule has 3 aromatic rings. The zero-order valence-corrected chi connectivity index (χ0v) is 11.7. The Balaban J connectivity index is 1.79. The second kappa shape index (κ2) is 5.97. The third-order valence-electron chi connectivity index (χ3n) is 3.44. The summed E-state index contributed by atoms with van der Waals surface area (Å²) in [5.74, 6) is -0.721. The lowest BCUT2D eigenvalue weighted by Crippen LogP contribution is -2.05. The number of halogens is 2. The van der Waals surface area contributed by atoms with E-state index in [9.17, 15) is 13.9 Å². The quantitative estimate of drug-likeness (QED) is 0.800. The number of hydrogen-bond acceptors (Lipinski definition) is 2. The monoisotopic (exact) mass is 300 g/mol. The molecule has 5 heteroatoms. The molecule has 1 aromatic heterocycles. The van der Waals surface area contributed by atoms with E-state index in [4.69, 9.17) is 0 Å². The molecule has 0 saturated carbocycles. The van der Waals surface area contributed by atoms with Gasteiger partial charge in [-0.25, -0.2) is 13.8 Å². The average molecular weight is 300 g/mol. The molecule has 0 spiro atoms. The van der Waals surface area contributed by atoms with Crippen LogP contribution < -0.4 is 0 Å². The van der Waals surface area contributed by atoms with Crippen molar-refractivity contribution in [1.29, 1.82) is 0 Å². The van der Waals surface area contributed by atoms with Crippen LogP contribution in [0.3, 0.4) is 0 Å². The van der Waals surface area contributed by atoms with Crippen molar-refractivity contribution in [3.8, 4) is 5.75 Å². The fourth-order valence-corrected chi connectivity index (χ4v) is 2.28. The highest BCUT2D eigenvalue weighted by atomic mass is 19.2. The molecule has 0 radical (unpaired) electrons. The Labute approximate surface area is 126 Å². The largest absolute Gasteiger partial charge is 0.508 e. The lowest BCUT2D eigenvalue weighted by atomic mass is 10.1. The maximum absolute atomic E-state index is 13.3. The number of aromatic nitrogens is 2. The van der Waals surface area contributed by atoms with Crippen LogP contribution in [-0.4, -0.2) is 14.7 Å². The van der Waals surface area contributed by atoms with Crippen molar-refractivity contribution in [2.75, 3.05) is 0 Å². The highest BCUT2D eigenvalue weighted by Crippen LogP contribution is 2.15. The molecule has 0 aliphatic rings. The molecule has 112 valence electrons. The van der Waals surface area contributed by atoms with E-state index in [2.05, 4.69) is 4.98 Å². The number of nitrogens with zero attached hydrogens (tertiary/aromatic N) is 2. The van der Waals surface area contributed by atoms with Crippen molar-refractivity contribution in [3.63, 3.8) is 0 Å². The molecular weight excluding hydrogens is 286 g/mol. The number of phenolic OH excluding ortho intramolecular Hbond substituents is 1. The van der Waals surface area contributed by atoms with E-state index >= 15 is 0 Å². The number of phenols is 1. The zero-order chi connectivity index (χ0) is 15.5. The standard InChI is InChI=1S/C17H14F2N2O/c18-15-6-3-13(9-16(15)19)10-17-20-7-8-21(17)11-12-1-4-14(22)5-2-12/h1-9,22H,10-11H2. The number of benzene rings is 2. The lowest BCUT2D eigenvalue weighted by molar-refractivity contribution is 0.475. The number of hydrogen-bond donors (Lipinski definition) is 1.